The van der Waals surface area contributed by atoms with Gasteiger partial charge in [-0.2, -0.15) is 0 Å². The van der Waals surface area contributed by atoms with Gasteiger partial charge in [0, 0.05) is 12.1 Å². The third kappa shape index (κ3) is 5.97. The molecule has 0 saturated heterocycles. The maximum Gasteiger partial charge on any atom is 0.344 e. The molecule has 1 N–H and O–H groups in total. The fourth-order valence-corrected chi connectivity index (χ4v) is 2.21. The second-order valence-corrected chi connectivity index (χ2v) is 5.63. The molecule has 2 aromatic rings. The van der Waals surface area contributed by atoms with Gasteiger partial charge in [0.15, 0.2) is 24.7 Å². The molecular weight excluding hydrogens is 368 g/mol. The van der Waals surface area contributed by atoms with Crippen LogP contribution in [-0.4, -0.2) is 36.6 Å². The normalized spacial score (nSPS) is 10.1. The summed E-state index contributed by atoms with van der Waals surface area (Å²) in [5.74, 6) is -0.474. The Labute approximate surface area is 161 Å². The van der Waals surface area contributed by atoms with E-state index >= 15 is 0 Å². The van der Waals surface area contributed by atoms with E-state index in [0.29, 0.717) is 23.7 Å². The molecule has 2 aromatic carbocycles. The first-order chi connectivity index (χ1) is 13.4. The van der Waals surface area contributed by atoms with Crippen LogP contribution in [0.3, 0.4) is 0 Å². The molecule has 0 aliphatic heterocycles. The van der Waals surface area contributed by atoms with E-state index in [2.05, 4.69) is 5.32 Å². The molecule has 0 aromatic heterocycles. The molecule has 0 atom stereocenters. The third-order valence-corrected chi connectivity index (χ3v) is 3.56. The van der Waals surface area contributed by atoms with Gasteiger partial charge >= 0.3 is 5.97 Å². The molecule has 1 amide bonds. The molecule has 0 aliphatic carbocycles. The number of nitro benzene ring substituents is 1. The molecule has 9 nitrogen and oxygen atoms in total. The molecule has 0 bridgehead atoms. The van der Waals surface area contributed by atoms with Crippen LogP contribution in [0.4, 0.5) is 11.4 Å². The van der Waals surface area contributed by atoms with Gasteiger partial charge in [-0.1, -0.05) is 18.2 Å². The predicted octanol–water partition coefficient (Wildman–Crippen LogP) is 2.86. The number of nitrogens with zero attached hydrogens (tertiary/aromatic N) is 1. The Morgan fingerprint density at radius 1 is 1.07 bits per heavy atom. The third-order valence-electron chi connectivity index (χ3n) is 3.56. The molecule has 0 fully saturated rings. The Morgan fingerprint density at radius 2 is 1.75 bits per heavy atom. The van der Waals surface area contributed by atoms with Gasteiger partial charge in [-0.05, 0) is 31.5 Å². The van der Waals surface area contributed by atoms with Crippen LogP contribution in [0, 0.1) is 17.0 Å². The van der Waals surface area contributed by atoms with Crippen molar-refractivity contribution in [2.45, 2.75) is 13.8 Å². The van der Waals surface area contributed by atoms with Crippen LogP contribution in [0.15, 0.2) is 42.5 Å². The van der Waals surface area contributed by atoms with E-state index in [9.17, 15) is 19.7 Å². The molecule has 9 heteroatoms. The lowest BCUT2D eigenvalue weighted by molar-refractivity contribution is -0.384. The summed E-state index contributed by atoms with van der Waals surface area (Å²) in [6, 6.07) is 11.0. The summed E-state index contributed by atoms with van der Waals surface area (Å²) in [5, 5.41) is 13.3. The first kappa shape index (κ1) is 20.7. The van der Waals surface area contributed by atoms with Gasteiger partial charge in [-0.15, -0.1) is 0 Å². The monoisotopic (exact) mass is 388 g/mol. The quantitative estimate of drug-likeness (QED) is 0.399. The van der Waals surface area contributed by atoms with Crippen LogP contribution >= 0.6 is 0 Å². The van der Waals surface area contributed by atoms with Crippen LogP contribution < -0.4 is 14.8 Å². The van der Waals surface area contributed by atoms with Crippen molar-refractivity contribution in [2.24, 2.45) is 0 Å². The maximum atomic E-state index is 11.9. The maximum absolute atomic E-state index is 11.9. The van der Waals surface area contributed by atoms with E-state index < -0.39 is 30.0 Å². The van der Waals surface area contributed by atoms with Gasteiger partial charge in [-0.3, -0.25) is 14.9 Å². The Hall–Kier alpha value is -3.62. The number of hydrogen-bond donors (Lipinski definition) is 1. The zero-order chi connectivity index (χ0) is 20.5. The van der Waals surface area contributed by atoms with E-state index in [0.717, 1.165) is 0 Å². The van der Waals surface area contributed by atoms with Crippen molar-refractivity contribution < 1.29 is 28.7 Å². The highest BCUT2D eigenvalue weighted by atomic mass is 16.6. The molecule has 148 valence electrons. The minimum Gasteiger partial charge on any atom is -0.490 e. The number of carbonyl (C=O) groups excluding carboxylic acids is 2. The highest BCUT2D eigenvalue weighted by Crippen LogP contribution is 2.26. The predicted molar refractivity (Wildman–Crippen MR) is 101 cm³/mol. The van der Waals surface area contributed by atoms with Crippen molar-refractivity contribution in [2.75, 3.05) is 25.1 Å². The van der Waals surface area contributed by atoms with E-state index in [-0.39, 0.29) is 11.4 Å². The van der Waals surface area contributed by atoms with Crippen molar-refractivity contribution in [1.82, 2.24) is 0 Å². The molecule has 0 heterocycles. The van der Waals surface area contributed by atoms with Gasteiger partial charge in [-0.25, -0.2) is 4.79 Å². The number of nitro groups is 1. The largest absolute Gasteiger partial charge is 0.490 e. The zero-order valence-corrected chi connectivity index (χ0v) is 15.5. The number of para-hydroxylation sites is 2. The number of non-ortho nitro benzene ring substituents is 1. The molecule has 0 radical (unpaired) electrons. The van der Waals surface area contributed by atoms with Crippen molar-refractivity contribution >= 4 is 23.3 Å². The highest BCUT2D eigenvalue weighted by molar-refractivity contribution is 5.93. The summed E-state index contributed by atoms with van der Waals surface area (Å²) >= 11 is 0. The molecule has 0 spiro atoms. The average Bonchev–Trinajstić information content (AvgIpc) is 2.67. The Kier molecular flexibility index (Phi) is 7.32. The van der Waals surface area contributed by atoms with E-state index in [4.69, 9.17) is 14.2 Å². The number of rotatable bonds is 9. The number of nitrogens with one attached hydrogen (secondary N) is 1. The fraction of sp³-hybridized carbons (Fsp3) is 0.263. The fourth-order valence-electron chi connectivity index (χ4n) is 2.21. The molecule has 28 heavy (non-hydrogen) atoms. The number of hydrogen-bond acceptors (Lipinski definition) is 7. The Bertz CT molecular complexity index is 867. The summed E-state index contributed by atoms with van der Waals surface area (Å²) in [7, 11) is 0. The number of benzene rings is 2. The number of ether oxygens (including phenoxy) is 3. The smallest absolute Gasteiger partial charge is 0.344 e. The lowest BCUT2D eigenvalue weighted by atomic mass is 10.2. The number of amides is 1. The van der Waals surface area contributed by atoms with Crippen molar-refractivity contribution in [3.8, 4) is 11.5 Å². The van der Waals surface area contributed by atoms with Gasteiger partial charge in [0.25, 0.3) is 11.6 Å². The van der Waals surface area contributed by atoms with Crippen LogP contribution in [-0.2, 0) is 14.3 Å². The van der Waals surface area contributed by atoms with Crippen molar-refractivity contribution in [3.63, 3.8) is 0 Å². The van der Waals surface area contributed by atoms with E-state index in [1.54, 1.807) is 31.2 Å². The summed E-state index contributed by atoms with van der Waals surface area (Å²) in [5.41, 5.74) is 0.762. The summed E-state index contributed by atoms with van der Waals surface area (Å²) in [4.78, 5) is 34.0. The van der Waals surface area contributed by atoms with Crippen LogP contribution in [0.2, 0.25) is 0 Å². The summed E-state index contributed by atoms with van der Waals surface area (Å²) in [6.07, 6.45) is 0. The highest BCUT2D eigenvalue weighted by Gasteiger charge is 2.14. The Morgan fingerprint density at radius 3 is 2.39 bits per heavy atom. The van der Waals surface area contributed by atoms with Crippen LogP contribution in [0.5, 0.6) is 11.5 Å². The lowest BCUT2D eigenvalue weighted by Gasteiger charge is -2.11. The molecular formula is C19H20N2O7. The number of carbonyl (C=O) groups is 2. The second kappa shape index (κ2) is 9.91. The topological polar surface area (TPSA) is 117 Å². The van der Waals surface area contributed by atoms with Crippen LogP contribution in [0.25, 0.3) is 0 Å². The molecule has 2 rings (SSSR count). The van der Waals surface area contributed by atoms with Crippen LogP contribution in [0.1, 0.15) is 12.5 Å². The standard InChI is InChI=1S/C19H20N2O7/c1-3-26-16-6-4-5-7-17(16)27-12-19(23)28-11-18(22)20-15-10-14(21(24)25)9-8-13(15)2/h4-10H,3,11-12H2,1-2H3,(H,20,22). The first-order valence-electron chi connectivity index (χ1n) is 8.45. The Balaban J connectivity index is 1.84. The van der Waals surface area contributed by atoms with Gasteiger partial charge in [0.2, 0.25) is 0 Å². The van der Waals surface area contributed by atoms with Crippen molar-refractivity contribution in [1.29, 1.82) is 0 Å². The number of aryl methyl sites for hydroxylation is 1. The minimum absolute atomic E-state index is 0.153. The van der Waals surface area contributed by atoms with Gasteiger partial charge < -0.3 is 19.5 Å². The minimum atomic E-state index is -0.739. The lowest BCUT2D eigenvalue weighted by Crippen LogP contribution is -2.24. The van der Waals surface area contributed by atoms with E-state index in [1.165, 1.54) is 18.2 Å². The molecule has 0 aliphatic rings. The summed E-state index contributed by atoms with van der Waals surface area (Å²) < 4.78 is 15.6. The van der Waals surface area contributed by atoms with Crippen molar-refractivity contribution in [3.05, 3.63) is 58.1 Å². The zero-order valence-electron chi connectivity index (χ0n) is 15.5. The summed E-state index contributed by atoms with van der Waals surface area (Å²) in [6.45, 7) is 3.02. The first-order valence-corrected chi connectivity index (χ1v) is 8.45. The molecule has 0 unspecified atom stereocenters. The molecule has 0 saturated carbocycles. The van der Waals surface area contributed by atoms with Gasteiger partial charge in [0.05, 0.1) is 17.2 Å². The second-order valence-electron chi connectivity index (χ2n) is 5.63. The van der Waals surface area contributed by atoms with E-state index in [1.807, 2.05) is 6.92 Å². The number of esters is 1. The van der Waals surface area contributed by atoms with Gasteiger partial charge in [0.1, 0.15) is 0 Å². The SMILES string of the molecule is CCOc1ccccc1OCC(=O)OCC(=O)Nc1cc([N+](=O)[O-])ccc1C. The average molecular weight is 388 g/mol. The number of anilines is 1.